The number of carbonyl (C=O) groups is 1. The smallest absolute Gasteiger partial charge is 0.203 e. The highest BCUT2D eigenvalue weighted by atomic mass is 16.5. The standard InChI is InChI=1S/C19H18O7/c1-23-14-6-4-10(18(24-2)19(14)25-3)8-11-9-26-13-7-5-12(20)17(22)15(13)16(11)21/h4-8,20,22H,9H2,1-3H3/b11-8+. The van der Waals surface area contributed by atoms with E-state index in [0.717, 1.165) is 0 Å². The van der Waals surface area contributed by atoms with Crippen molar-refractivity contribution in [2.45, 2.75) is 0 Å². The molecule has 0 bridgehead atoms. The molecule has 0 radical (unpaired) electrons. The largest absolute Gasteiger partial charge is 0.504 e. The van der Waals surface area contributed by atoms with Crippen molar-refractivity contribution >= 4 is 11.9 Å². The molecule has 1 aliphatic heterocycles. The molecule has 26 heavy (non-hydrogen) atoms. The summed E-state index contributed by atoms with van der Waals surface area (Å²) < 4.78 is 21.5. The summed E-state index contributed by atoms with van der Waals surface area (Å²) in [5, 5.41) is 19.7. The number of fused-ring (bicyclic) bond motifs is 1. The zero-order valence-electron chi connectivity index (χ0n) is 14.5. The Morgan fingerprint density at radius 2 is 1.73 bits per heavy atom. The van der Waals surface area contributed by atoms with E-state index in [2.05, 4.69) is 0 Å². The van der Waals surface area contributed by atoms with Crippen LogP contribution in [0.15, 0.2) is 29.8 Å². The van der Waals surface area contributed by atoms with Crippen LogP contribution in [0.25, 0.3) is 6.08 Å². The Labute approximate surface area is 150 Å². The molecule has 0 aliphatic carbocycles. The van der Waals surface area contributed by atoms with Gasteiger partial charge in [-0.25, -0.2) is 0 Å². The fourth-order valence-corrected chi connectivity index (χ4v) is 2.82. The van der Waals surface area contributed by atoms with E-state index in [4.69, 9.17) is 18.9 Å². The lowest BCUT2D eigenvalue weighted by molar-refractivity contribution is 0.0996. The summed E-state index contributed by atoms with van der Waals surface area (Å²) in [4.78, 5) is 12.8. The van der Waals surface area contributed by atoms with E-state index in [1.54, 1.807) is 18.2 Å². The predicted molar refractivity (Wildman–Crippen MR) is 93.7 cm³/mol. The second-order valence-corrected chi connectivity index (χ2v) is 5.52. The van der Waals surface area contributed by atoms with Crippen molar-refractivity contribution in [3.63, 3.8) is 0 Å². The molecule has 0 saturated carbocycles. The van der Waals surface area contributed by atoms with Crippen LogP contribution in [0.2, 0.25) is 0 Å². The molecule has 2 aromatic carbocycles. The van der Waals surface area contributed by atoms with Gasteiger partial charge in [0.05, 0.1) is 21.3 Å². The molecular formula is C19H18O7. The van der Waals surface area contributed by atoms with Crippen LogP contribution in [0.4, 0.5) is 0 Å². The lowest BCUT2D eigenvalue weighted by atomic mass is 9.97. The number of phenolic OH excluding ortho intramolecular Hbond substituents is 2. The second kappa shape index (κ2) is 6.87. The van der Waals surface area contributed by atoms with E-state index in [0.29, 0.717) is 28.4 Å². The van der Waals surface area contributed by atoms with E-state index in [-0.39, 0.29) is 23.7 Å². The van der Waals surface area contributed by atoms with Crippen LogP contribution in [-0.2, 0) is 0 Å². The number of benzene rings is 2. The first-order valence-electron chi connectivity index (χ1n) is 7.73. The Morgan fingerprint density at radius 1 is 1.00 bits per heavy atom. The van der Waals surface area contributed by atoms with E-state index in [1.807, 2.05) is 0 Å². The van der Waals surface area contributed by atoms with Gasteiger partial charge in [-0.15, -0.1) is 0 Å². The molecule has 0 spiro atoms. The molecule has 1 heterocycles. The van der Waals surface area contributed by atoms with Crippen molar-refractivity contribution in [1.29, 1.82) is 0 Å². The lowest BCUT2D eigenvalue weighted by Gasteiger charge is -2.20. The first kappa shape index (κ1) is 17.5. The number of carbonyl (C=O) groups excluding carboxylic acids is 1. The molecule has 7 heteroatoms. The number of hydrogen-bond acceptors (Lipinski definition) is 7. The van der Waals surface area contributed by atoms with Gasteiger partial charge in [0.1, 0.15) is 17.9 Å². The van der Waals surface area contributed by atoms with Gasteiger partial charge in [0.25, 0.3) is 0 Å². The Bertz CT molecular complexity index is 899. The molecule has 2 aromatic rings. The van der Waals surface area contributed by atoms with E-state index in [9.17, 15) is 15.0 Å². The second-order valence-electron chi connectivity index (χ2n) is 5.52. The maximum atomic E-state index is 12.8. The average molecular weight is 358 g/mol. The quantitative estimate of drug-likeness (QED) is 0.641. The molecule has 2 N–H and O–H groups in total. The maximum absolute atomic E-state index is 12.8. The van der Waals surface area contributed by atoms with Gasteiger partial charge in [0.2, 0.25) is 5.75 Å². The zero-order chi connectivity index (χ0) is 18.8. The molecule has 0 atom stereocenters. The summed E-state index contributed by atoms with van der Waals surface area (Å²) in [6.45, 7) is 0.0214. The van der Waals surface area contributed by atoms with Crippen molar-refractivity contribution in [3.8, 4) is 34.5 Å². The normalized spacial score (nSPS) is 14.6. The summed E-state index contributed by atoms with van der Waals surface area (Å²) in [5.74, 6) is 0.194. The summed E-state index contributed by atoms with van der Waals surface area (Å²) in [5.41, 5.74) is 0.811. The molecule has 0 amide bonds. The third kappa shape index (κ3) is 2.77. The van der Waals surface area contributed by atoms with Gasteiger partial charge in [0, 0.05) is 11.1 Å². The zero-order valence-corrected chi connectivity index (χ0v) is 14.5. The Kier molecular flexibility index (Phi) is 4.62. The fourth-order valence-electron chi connectivity index (χ4n) is 2.82. The Hall–Kier alpha value is -3.35. The average Bonchev–Trinajstić information content (AvgIpc) is 2.66. The molecule has 1 aliphatic rings. The van der Waals surface area contributed by atoms with Crippen molar-refractivity contribution in [1.82, 2.24) is 0 Å². The van der Waals surface area contributed by atoms with Crippen LogP contribution >= 0.6 is 0 Å². The van der Waals surface area contributed by atoms with Crippen LogP contribution < -0.4 is 18.9 Å². The SMILES string of the molecule is COc1ccc(/C=C2\COc3ccc(O)c(O)c3C2=O)c(OC)c1OC. The summed E-state index contributed by atoms with van der Waals surface area (Å²) >= 11 is 0. The van der Waals surface area contributed by atoms with Crippen molar-refractivity contribution in [3.05, 3.63) is 41.0 Å². The van der Waals surface area contributed by atoms with Crippen molar-refractivity contribution in [2.75, 3.05) is 27.9 Å². The predicted octanol–water partition coefficient (Wildman–Crippen LogP) is 2.78. The van der Waals surface area contributed by atoms with Crippen LogP contribution in [0.3, 0.4) is 0 Å². The molecule has 7 nitrogen and oxygen atoms in total. The number of ether oxygens (including phenoxy) is 4. The van der Waals surface area contributed by atoms with Gasteiger partial charge in [-0.2, -0.15) is 0 Å². The van der Waals surface area contributed by atoms with Crippen LogP contribution in [0, 0.1) is 0 Å². The highest BCUT2D eigenvalue weighted by molar-refractivity contribution is 6.16. The van der Waals surface area contributed by atoms with Crippen molar-refractivity contribution in [2.24, 2.45) is 0 Å². The lowest BCUT2D eigenvalue weighted by Crippen LogP contribution is -2.19. The highest BCUT2D eigenvalue weighted by Gasteiger charge is 2.29. The minimum Gasteiger partial charge on any atom is -0.504 e. The Balaban J connectivity index is 2.09. The first-order chi connectivity index (χ1) is 12.5. The molecule has 3 rings (SSSR count). The molecule has 0 unspecified atom stereocenters. The molecular weight excluding hydrogens is 340 g/mol. The third-order valence-electron chi connectivity index (χ3n) is 4.08. The number of Topliss-reactive ketones (excluding diaryl/α,β-unsaturated/α-hetero) is 1. The monoisotopic (exact) mass is 358 g/mol. The van der Waals surface area contributed by atoms with Gasteiger partial charge in [-0.3, -0.25) is 4.79 Å². The molecule has 0 fully saturated rings. The van der Waals surface area contributed by atoms with E-state index < -0.39 is 11.5 Å². The number of rotatable bonds is 4. The number of phenols is 2. The van der Waals surface area contributed by atoms with Gasteiger partial charge in [0.15, 0.2) is 28.8 Å². The van der Waals surface area contributed by atoms with Crippen LogP contribution in [-0.4, -0.2) is 43.9 Å². The molecule has 0 aromatic heterocycles. The highest BCUT2D eigenvalue weighted by Crippen LogP contribution is 2.43. The first-order valence-corrected chi connectivity index (χ1v) is 7.73. The summed E-state index contributed by atoms with van der Waals surface area (Å²) in [7, 11) is 4.49. The van der Waals surface area contributed by atoms with Gasteiger partial charge in [-0.1, -0.05) is 0 Å². The topological polar surface area (TPSA) is 94.5 Å². The van der Waals surface area contributed by atoms with Crippen molar-refractivity contribution < 1.29 is 34.0 Å². The summed E-state index contributed by atoms with van der Waals surface area (Å²) in [6.07, 6.45) is 1.59. The minimum atomic E-state index is -0.502. The van der Waals surface area contributed by atoms with Crippen LogP contribution in [0.1, 0.15) is 15.9 Å². The maximum Gasteiger partial charge on any atom is 0.203 e. The minimum absolute atomic E-state index is 0.0214. The molecule has 136 valence electrons. The summed E-state index contributed by atoms with van der Waals surface area (Å²) in [6, 6.07) is 6.13. The van der Waals surface area contributed by atoms with E-state index >= 15 is 0 Å². The van der Waals surface area contributed by atoms with Crippen LogP contribution in [0.5, 0.6) is 34.5 Å². The van der Waals surface area contributed by atoms with E-state index in [1.165, 1.54) is 33.5 Å². The van der Waals surface area contributed by atoms with Gasteiger partial charge in [-0.05, 0) is 30.3 Å². The van der Waals surface area contributed by atoms with Gasteiger partial charge < -0.3 is 29.2 Å². The van der Waals surface area contributed by atoms with Gasteiger partial charge >= 0.3 is 0 Å². The fraction of sp³-hybridized carbons (Fsp3) is 0.211. The third-order valence-corrected chi connectivity index (χ3v) is 4.08. The molecule has 0 saturated heterocycles. The number of methoxy groups -OCH3 is 3. The number of aromatic hydroxyl groups is 2. The number of ketones is 1. The number of hydrogen-bond donors (Lipinski definition) is 2. The Morgan fingerprint density at radius 3 is 2.38 bits per heavy atom.